The lowest BCUT2D eigenvalue weighted by molar-refractivity contribution is -0.143. The van der Waals surface area contributed by atoms with Gasteiger partial charge in [-0.05, 0) is 20.3 Å². The quantitative estimate of drug-likeness (QED) is 0.630. The van der Waals surface area contributed by atoms with Crippen molar-refractivity contribution in [3.8, 4) is 0 Å². The fraction of sp³-hybridized carbons (Fsp3) is 0.818. The minimum Gasteiger partial charge on any atom is -0.466 e. The molecule has 0 heterocycles. The number of amides is 1. The first kappa shape index (κ1) is 14.9. The smallest absolute Gasteiger partial charge is 0.307 e. The first-order valence-corrected chi connectivity index (χ1v) is 5.55. The van der Waals surface area contributed by atoms with Crippen LogP contribution in [-0.2, 0) is 19.1 Å². The molecule has 1 amide bonds. The van der Waals surface area contributed by atoms with Crippen molar-refractivity contribution in [2.75, 3.05) is 20.3 Å². The molecule has 0 aliphatic carbocycles. The summed E-state index contributed by atoms with van der Waals surface area (Å²) >= 11 is 0. The van der Waals surface area contributed by atoms with Gasteiger partial charge in [-0.3, -0.25) is 9.59 Å². The minimum atomic E-state index is -0.284. The fourth-order valence-corrected chi connectivity index (χ4v) is 1.08. The van der Waals surface area contributed by atoms with Crippen LogP contribution in [-0.4, -0.2) is 38.2 Å². The van der Waals surface area contributed by atoms with Gasteiger partial charge in [0.05, 0.1) is 19.1 Å². The van der Waals surface area contributed by atoms with Gasteiger partial charge in [0.15, 0.2) is 0 Å². The fourth-order valence-electron chi connectivity index (χ4n) is 1.08. The third-order valence-corrected chi connectivity index (χ3v) is 2.14. The Morgan fingerprint density at radius 2 is 2.00 bits per heavy atom. The molecule has 0 fully saturated rings. The maximum atomic E-state index is 11.3. The van der Waals surface area contributed by atoms with Crippen LogP contribution in [0.15, 0.2) is 0 Å². The Bertz CT molecular complexity index is 218. The highest BCUT2D eigenvalue weighted by Crippen LogP contribution is 1.99. The van der Waals surface area contributed by atoms with Crippen LogP contribution in [0.2, 0.25) is 0 Å². The van der Waals surface area contributed by atoms with Gasteiger partial charge in [-0.25, -0.2) is 0 Å². The molecule has 0 saturated carbocycles. The first-order chi connectivity index (χ1) is 7.60. The average molecular weight is 231 g/mol. The highest BCUT2D eigenvalue weighted by Gasteiger charge is 2.06. The Hall–Kier alpha value is -1.10. The van der Waals surface area contributed by atoms with Gasteiger partial charge in [-0.15, -0.1) is 0 Å². The average Bonchev–Trinajstić information content (AvgIpc) is 2.26. The van der Waals surface area contributed by atoms with E-state index in [0.717, 1.165) is 0 Å². The molecule has 1 atom stereocenters. The molecular formula is C11H21NO4. The number of nitrogens with one attached hydrogen (secondary N) is 1. The van der Waals surface area contributed by atoms with E-state index in [0.29, 0.717) is 26.0 Å². The molecule has 0 radical (unpaired) electrons. The van der Waals surface area contributed by atoms with Gasteiger partial charge in [-0.1, -0.05) is 0 Å². The van der Waals surface area contributed by atoms with Gasteiger partial charge in [-0.2, -0.15) is 0 Å². The van der Waals surface area contributed by atoms with E-state index in [-0.39, 0.29) is 24.4 Å². The molecule has 0 aromatic rings. The third-order valence-electron chi connectivity index (χ3n) is 2.14. The number of esters is 1. The summed E-state index contributed by atoms with van der Waals surface area (Å²) in [6.07, 6.45) is 1.40. The number of carbonyl (C=O) groups excluding carboxylic acids is 2. The zero-order chi connectivity index (χ0) is 12.4. The van der Waals surface area contributed by atoms with E-state index in [4.69, 9.17) is 9.47 Å². The standard InChI is InChI=1S/C11H21NO4/c1-4-16-11(14)7-8-12-10(13)6-5-9(2)15-3/h9H,4-8H2,1-3H3,(H,12,13). The van der Waals surface area contributed by atoms with Crippen molar-refractivity contribution in [2.24, 2.45) is 0 Å². The molecule has 1 unspecified atom stereocenters. The van der Waals surface area contributed by atoms with Gasteiger partial charge in [0.25, 0.3) is 0 Å². The zero-order valence-electron chi connectivity index (χ0n) is 10.2. The van der Waals surface area contributed by atoms with Crippen LogP contribution >= 0.6 is 0 Å². The van der Waals surface area contributed by atoms with Crippen molar-refractivity contribution in [2.45, 2.75) is 39.2 Å². The summed E-state index contributed by atoms with van der Waals surface area (Å²) in [5, 5.41) is 2.66. The van der Waals surface area contributed by atoms with Crippen LogP contribution < -0.4 is 5.32 Å². The maximum Gasteiger partial charge on any atom is 0.307 e. The Morgan fingerprint density at radius 1 is 1.31 bits per heavy atom. The maximum absolute atomic E-state index is 11.3. The number of hydrogen-bond acceptors (Lipinski definition) is 4. The normalized spacial score (nSPS) is 11.9. The van der Waals surface area contributed by atoms with Crippen LogP contribution in [0.1, 0.15) is 33.1 Å². The van der Waals surface area contributed by atoms with Crippen LogP contribution in [0.4, 0.5) is 0 Å². The summed E-state index contributed by atoms with van der Waals surface area (Å²) in [6.45, 7) is 4.37. The number of ether oxygens (including phenoxy) is 2. The third kappa shape index (κ3) is 8.23. The van der Waals surface area contributed by atoms with Gasteiger partial charge in [0.2, 0.25) is 5.91 Å². The molecule has 0 spiro atoms. The van der Waals surface area contributed by atoms with E-state index in [2.05, 4.69) is 5.32 Å². The lowest BCUT2D eigenvalue weighted by Gasteiger charge is -2.09. The first-order valence-electron chi connectivity index (χ1n) is 5.55. The second-order valence-electron chi connectivity index (χ2n) is 3.49. The van der Waals surface area contributed by atoms with Crippen molar-refractivity contribution in [3.63, 3.8) is 0 Å². The van der Waals surface area contributed by atoms with E-state index in [1.54, 1.807) is 14.0 Å². The molecule has 1 N–H and O–H groups in total. The molecule has 0 aromatic heterocycles. The van der Waals surface area contributed by atoms with Crippen molar-refractivity contribution in [3.05, 3.63) is 0 Å². The molecule has 94 valence electrons. The van der Waals surface area contributed by atoms with Crippen LogP contribution in [0, 0.1) is 0 Å². The zero-order valence-corrected chi connectivity index (χ0v) is 10.2. The summed E-state index contributed by atoms with van der Waals surface area (Å²) in [5.74, 6) is -0.346. The van der Waals surface area contributed by atoms with Gasteiger partial charge < -0.3 is 14.8 Å². The van der Waals surface area contributed by atoms with E-state index < -0.39 is 0 Å². The Kier molecular flexibility index (Phi) is 8.52. The van der Waals surface area contributed by atoms with E-state index in [9.17, 15) is 9.59 Å². The van der Waals surface area contributed by atoms with E-state index in [1.807, 2.05) is 6.92 Å². The molecule has 5 nitrogen and oxygen atoms in total. The molecular weight excluding hydrogens is 210 g/mol. The van der Waals surface area contributed by atoms with E-state index in [1.165, 1.54) is 0 Å². The Balaban J connectivity index is 3.47. The number of hydrogen-bond donors (Lipinski definition) is 1. The topological polar surface area (TPSA) is 64.6 Å². The second-order valence-corrected chi connectivity index (χ2v) is 3.49. The van der Waals surface area contributed by atoms with Crippen LogP contribution in [0.25, 0.3) is 0 Å². The molecule has 5 heteroatoms. The summed E-state index contributed by atoms with van der Waals surface area (Å²) in [6, 6.07) is 0. The lowest BCUT2D eigenvalue weighted by atomic mass is 10.2. The SMILES string of the molecule is CCOC(=O)CCNC(=O)CCC(C)OC. The molecule has 16 heavy (non-hydrogen) atoms. The Labute approximate surface area is 96.5 Å². The summed E-state index contributed by atoms with van der Waals surface area (Å²) < 4.78 is 9.75. The molecule has 0 saturated heterocycles. The van der Waals surface area contributed by atoms with Gasteiger partial charge in [0.1, 0.15) is 0 Å². The second kappa shape index (κ2) is 9.15. The van der Waals surface area contributed by atoms with Crippen molar-refractivity contribution < 1.29 is 19.1 Å². The monoisotopic (exact) mass is 231 g/mol. The predicted molar refractivity (Wildman–Crippen MR) is 60.0 cm³/mol. The molecule has 0 aromatic carbocycles. The van der Waals surface area contributed by atoms with Gasteiger partial charge in [0, 0.05) is 20.1 Å². The molecule has 0 rings (SSSR count). The highest BCUT2D eigenvalue weighted by molar-refractivity contribution is 5.77. The summed E-state index contributed by atoms with van der Waals surface area (Å²) in [7, 11) is 1.61. The number of rotatable bonds is 8. The largest absolute Gasteiger partial charge is 0.466 e. The van der Waals surface area contributed by atoms with Crippen molar-refractivity contribution in [1.82, 2.24) is 5.32 Å². The van der Waals surface area contributed by atoms with Crippen molar-refractivity contribution >= 4 is 11.9 Å². The van der Waals surface area contributed by atoms with Crippen LogP contribution in [0.5, 0.6) is 0 Å². The summed E-state index contributed by atoms with van der Waals surface area (Å²) in [5.41, 5.74) is 0. The lowest BCUT2D eigenvalue weighted by Crippen LogP contribution is -2.27. The highest BCUT2D eigenvalue weighted by atomic mass is 16.5. The summed E-state index contributed by atoms with van der Waals surface area (Å²) in [4.78, 5) is 22.2. The van der Waals surface area contributed by atoms with E-state index >= 15 is 0 Å². The molecule has 0 bridgehead atoms. The van der Waals surface area contributed by atoms with Gasteiger partial charge >= 0.3 is 5.97 Å². The predicted octanol–water partition coefficient (Wildman–Crippen LogP) is 0.871. The molecule has 0 aliphatic rings. The minimum absolute atomic E-state index is 0.0619. The molecule has 0 aliphatic heterocycles. The number of methoxy groups -OCH3 is 1. The Morgan fingerprint density at radius 3 is 2.56 bits per heavy atom. The van der Waals surface area contributed by atoms with Crippen molar-refractivity contribution in [1.29, 1.82) is 0 Å². The number of carbonyl (C=O) groups is 2. The van der Waals surface area contributed by atoms with Crippen LogP contribution in [0.3, 0.4) is 0 Å².